The van der Waals surface area contributed by atoms with E-state index in [2.05, 4.69) is 133 Å². The summed E-state index contributed by atoms with van der Waals surface area (Å²) in [6.07, 6.45) is 12.6. The van der Waals surface area contributed by atoms with E-state index < -0.39 is 0 Å². The van der Waals surface area contributed by atoms with Crippen molar-refractivity contribution in [3.63, 3.8) is 0 Å². The molecule has 3 nitrogen and oxygen atoms in total. The molecule has 0 spiro atoms. The van der Waals surface area contributed by atoms with Gasteiger partial charge in [0.05, 0.1) is 0 Å². The van der Waals surface area contributed by atoms with Gasteiger partial charge in [0, 0.05) is 34.1 Å². The molecule has 0 saturated heterocycles. The van der Waals surface area contributed by atoms with Gasteiger partial charge in [-0.1, -0.05) is 60.7 Å². The molecule has 0 aliphatic heterocycles. The van der Waals surface area contributed by atoms with Crippen LogP contribution in [-0.4, -0.2) is 0 Å². The molecular formula is C36H36N2O. The lowest BCUT2D eigenvalue weighted by Crippen LogP contribution is -2.15. The first-order valence-corrected chi connectivity index (χ1v) is 13.3. The Bertz CT molecular complexity index is 1320. The van der Waals surface area contributed by atoms with Gasteiger partial charge in [-0.2, -0.15) is 0 Å². The van der Waals surface area contributed by atoms with E-state index in [4.69, 9.17) is 4.74 Å². The molecule has 3 heteroatoms. The van der Waals surface area contributed by atoms with Crippen molar-refractivity contribution in [3.05, 3.63) is 157 Å². The van der Waals surface area contributed by atoms with Gasteiger partial charge in [0.2, 0.25) is 0 Å². The fourth-order valence-electron chi connectivity index (χ4n) is 4.45. The van der Waals surface area contributed by atoms with E-state index >= 15 is 0 Å². The summed E-state index contributed by atoms with van der Waals surface area (Å²) >= 11 is 0. The second-order valence-electron chi connectivity index (χ2n) is 8.86. The van der Waals surface area contributed by atoms with Crippen molar-refractivity contribution in [3.8, 4) is 11.5 Å². The Morgan fingerprint density at radius 1 is 0.462 bits per heavy atom. The van der Waals surface area contributed by atoms with Crippen LogP contribution in [0.1, 0.15) is 27.7 Å². The first-order valence-electron chi connectivity index (χ1n) is 13.3. The number of benzene rings is 4. The highest BCUT2D eigenvalue weighted by Gasteiger charge is 2.14. The third-order valence-electron chi connectivity index (χ3n) is 6.24. The lowest BCUT2D eigenvalue weighted by molar-refractivity contribution is 0.483. The van der Waals surface area contributed by atoms with E-state index in [9.17, 15) is 0 Å². The van der Waals surface area contributed by atoms with Crippen LogP contribution >= 0.6 is 0 Å². The maximum Gasteiger partial charge on any atom is 0.127 e. The number of hydrogen-bond acceptors (Lipinski definition) is 3. The van der Waals surface area contributed by atoms with Crippen LogP contribution in [0.4, 0.5) is 22.7 Å². The van der Waals surface area contributed by atoms with Crippen molar-refractivity contribution in [1.29, 1.82) is 0 Å². The molecule has 4 rings (SSSR count). The van der Waals surface area contributed by atoms with Gasteiger partial charge in [0.15, 0.2) is 0 Å². The van der Waals surface area contributed by atoms with Crippen molar-refractivity contribution in [1.82, 2.24) is 0 Å². The van der Waals surface area contributed by atoms with Crippen molar-refractivity contribution >= 4 is 22.7 Å². The van der Waals surface area contributed by atoms with Crippen molar-refractivity contribution in [2.75, 3.05) is 9.80 Å². The van der Waals surface area contributed by atoms with Crippen LogP contribution < -0.4 is 14.5 Å². The maximum atomic E-state index is 6.23. The molecule has 0 aliphatic rings. The highest BCUT2D eigenvalue weighted by Crippen LogP contribution is 2.35. The molecule has 196 valence electrons. The molecule has 0 saturated carbocycles. The predicted molar refractivity (Wildman–Crippen MR) is 167 cm³/mol. The van der Waals surface area contributed by atoms with Crippen LogP contribution in [0.5, 0.6) is 11.5 Å². The molecule has 0 heterocycles. The maximum absolute atomic E-state index is 6.23. The summed E-state index contributed by atoms with van der Waals surface area (Å²) in [5, 5.41) is 0. The lowest BCUT2D eigenvalue weighted by Gasteiger charge is -2.27. The minimum absolute atomic E-state index is 0.788. The molecule has 0 atom stereocenters. The summed E-state index contributed by atoms with van der Waals surface area (Å²) in [7, 11) is 0. The van der Waals surface area contributed by atoms with Crippen LogP contribution in [0, 0.1) is 0 Å². The summed E-state index contributed by atoms with van der Waals surface area (Å²) in [5.41, 5.74) is 6.56. The fraction of sp³-hybridized carbons (Fsp3) is 0.111. The second-order valence-corrected chi connectivity index (χ2v) is 8.86. The monoisotopic (exact) mass is 512 g/mol. The minimum Gasteiger partial charge on any atom is -0.457 e. The van der Waals surface area contributed by atoms with Crippen LogP contribution in [0.2, 0.25) is 0 Å². The smallest absolute Gasteiger partial charge is 0.127 e. The SMILES string of the molecule is C/C=C\C(=C/C)N(c1ccccc1)c1ccc(Oc2ccc(N(C(/C=C\C)=C/C)c3ccccc3)cc2)cc1. The Morgan fingerprint density at radius 2 is 0.795 bits per heavy atom. The van der Waals surface area contributed by atoms with Crippen molar-refractivity contribution in [2.24, 2.45) is 0 Å². The number of hydrogen-bond donors (Lipinski definition) is 0. The summed E-state index contributed by atoms with van der Waals surface area (Å²) in [4.78, 5) is 4.47. The molecule has 39 heavy (non-hydrogen) atoms. The van der Waals surface area contributed by atoms with E-state index in [0.29, 0.717) is 0 Å². The molecule has 0 bridgehead atoms. The third-order valence-corrected chi connectivity index (χ3v) is 6.24. The van der Waals surface area contributed by atoms with Gasteiger partial charge >= 0.3 is 0 Å². The van der Waals surface area contributed by atoms with Crippen LogP contribution in [0.25, 0.3) is 0 Å². The molecule has 0 unspecified atom stereocenters. The number of allylic oxidation sites excluding steroid dienone is 6. The number of nitrogens with zero attached hydrogens (tertiary/aromatic N) is 2. The average molecular weight is 513 g/mol. The van der Waals surface area contributed by atoms with E-state index in [0.717, 1.165) is 45.6 Å². The van der Waals surface area contributed by atoms with Crippen LogP contribution in [0.3, 0.4) is 0 Å². The lowest BCUT2D eigenvalue weighted by atomic mass is 10.2. The van der Waals surface area contributed by atoms with Crippen LogP contribution in [-0.2, 0) is 0 Å². The number of anilines is 4. The largest absolute Gasteiger partial charge is 0.457 e. The molecule has 4 aromatic carbocycles. The Labute approximate surface area is 233 Å². The summed E-state index contributed by atoms with van der Waals surface area (Å²) in [6, 6.07) is 37.2. The van der Waals surface area contributed by atoms with E-state index in [1.165, 1.54) is 0 Å². The topological polar surface area (TPSA) is 15.7 Å². The molecule has 0 aromatic heterocycles. The molecule has 0 fully saturated rings. The molecule has 0 radical (unpaired) electrons. The molecule has 0 amide bonds. The van der Waals surface area contributed by atoms with Crippen LogP contribution in [0.15, 0.2) is 157 Å². The Morgan fingerprint density at radius 3 is 1.10 bits per heavy atom. The molecule has 0 N–H and O–H groups in total. The summed E-state index contributed by atoms with van der Waals surface area (Å²) in [5.74, 6) is 1.58. The number of rotatable bonds is 10. The highest BCUT2D eigenvalue weighted by atomic mass is 16.5. The predicted octanol–water partition coefficient (Wildman–Crippen LogP) is 10.7. The third kappa shape index (κ3) is 6.77. The Hall–Kier alpha value is -4.76. The average Bonchev–Trinajstić information content (AvgIpc) is 2.99. The van der Waals surface area contributed by atoms with E-state index in [1.807, 2.05) is 50.2 Å². The van der Waals surface area contributed by atoms with Gasteiger partial charge in [-0.25, -0.2) is 0 Å². The van der Waals surface area contributed by atoms with E-state index in [1.54, 1.807) is 0 Å². The number of para-hydroxylation sites is 2. The normalized spacial score (nSPS) is 12.2. The van der Waals surface area contributed by atoms with Gasteiger partial charge < -0.3 is 14.5 Å². The van der Waals surface area contributed by atoms with Crippen molar-refractivity contribution < 1.29 is 4.74 Å². The standard InChI is InChI=1S/C36H36N2O/c1-5-15-29(7-3)37(31-17-11-9-12-18-31)33-21-25-35(26-22-33)39-36-27-23-34(24-28-36)38(30(8-4)16-6-2)32-19-13-10-14-20-32/h5-28H,1-4H3/b15-5-,16-6-,29-7+,30-8+. The number of ether oxygens (including phenoxy) is 1. The Balaban J connectivity index is 1.57. The zero-order valence-corrected chi connectivity index (χ0v) is 23.2. The summed E-state index contributed by atoms with van der Waals surface area (Å²) in [6.45, 7) is 8.19. The highest BCUT2D eigenvalue weighted by molar-refractivity contribution is 5.71. The van der Waals surface area contributed by atoms with Gasteiger partial charge in [0.1, 0.15) is 11.5 Å². The van der Waals surface area contributed by atoms with Gasteiger partial charge in [-0.05, 0) is 113 Å². The fourth-order valence-corrected chi connectivity index (χ4v) is 4.45. The summed E-state index contributed by atoms with van der Waals surface area (Å²) < 4.78 is 6.23. The molecule has 4 aromatic rings. The first kappa shape index (κ1) is 27.3. The zero-order valence-electron chi connectivity index (χ0n) is 23.2. The Kier molecular flexibility index (Phi) is 9.57. The first-order chi connectivity index (χ1) is 19.2. The second kappa shape index (κ2) is 13.7. The quantitative estimate of drug-likeness (QED) is 0.197. The molecule has 0 aliphatic carbocycles. The minimum atomic E-state index is 0.788. The van der Waals surface area contributed by atoms with Gasteiger partial charge in [-0.15, -0.1) is 0 Å². The van der Waals surface area contributed by atoms with Gasteiger partial charge in [0.25, 0.3) is 0 Å². The van der Waals surface area contributed by atoms with E-state index in [-0.39, 0.29) is 0 Å². The van der Waals surface area contributed by atoms with Gasteiger partial charge in [-0.3, -0.25) is 0 Å². The zero-order chi connectivity index (χ0) is 27.5. The van der Waals surface area contributed by atoms with Crippen molar-refractivity contribution in [2.45, 2.75) is 27.7 Å². The molecular weight excluding hydrogens is 476 g/mol.